The predicted octanol–water partition coefficient (Wildman–Crippen LogP) is 1.55. The van der Waals surface area contributed by atoms with Gasteiger partial charge in [-0.15, -0.1) is 0 Å². The molecule has 0 heterocycles. The van der Waals surface area contributed by atoms with Crippen molar-refractivity contribution in [3.63, 3.8) is 0 Å². The number of halogens is 3. The molecule has 4 nitrogen and oxygen atoms in total. The van der Waals surface area contributed by atoms with Gasteiger partial charge >= 0.3 is 6.18 Å². The van der Waals surface area contributed by atoms with Crippen LogP contribution in [0, 0.1) is 0 Å². The molecule has 3 N–H and O–H groups in total. The van der Waals surface area contributed by atoms with E-state index in [2.05, 4.69) is 0 Å². The van der Waals surface area contributed by atoms with Crippen LogP contribution in [0.15, 0.2) is 29.2 Å². The Morgan fingerprint density at radius 3 is 2.50 bits per heavy atom. The second-order valence-electron chi connectivity index (χ2n) is 3.80. The number of rotatable bonds is 4. The Morgan fingerprint density at radius 1 is 1.39 bits per heavy atom. The number of sulfonamides is 1. The zero-order valence-corrected chi connectivity index (χ0v) is 10.3. The molecule has 0 amide bonds. The fraction of sp³-hybridized carbons (Fsp3) is 0.400. The Morgan fingerprint density at radius 2 is 2.00 bits per heavy atom. The van der Waals surface area contributed by atoms with E-state index in [-0.39, 0.29) is 4.90 Å². The van der Waals surface area contributed by atoms with Gasteiger partial charge in [-0.05, 0) is 24.6 Å². The van der Waals surface area contributed by atoms with Crippen molar-refractivity contribution in [3.8, 4) is 0 Å². The summed E-state index contributed by atoms with van der Waals surface area (Å²) in [6.07, 6.45) is -4.59. The summed E-state index contributed by atoms with van der Waals surface area (Å²) >= 11 is 0. The zero-order valence-electron chi connectivity index (χ0n) is 9.53. The van der Waals surface area contributed by atoms with Crippen molar-refractivity contribution >= 4 is 10.0 Å². The fourth-order valence-electron chi connectivity index (χ4n) is 1.23. The minimum atomic E-state index is -4.59. The standard InChI is InChI=1S/C10H13F3N2O2S/c1-7(14)8-3-2-4-9(5-8)18(16,17)15-6-10(11,12)13/h2-5,7,15H,6,14H2,1H3. The molecule has 1 atom stereocenters. The summed E-state index contributed by atoms with van der Waals surface area (Å²) in [5.41, 5.74) is 6.11. The third-order valence-electron chi connectivity index (χ3n) is 2.16. The van der Waals surface area contributed by atoms with Crippen LogP contribution in [0.3, 0.4) is 0 Å². The molecule has 8 heteroatoms. The molecule has 1 aromatic rings. The van der Waals surface area contributed by atoms with Crippen molar-refractivity contribution in [1.82, 2.24) is 4.72 Å². The maximum absolute atomic E-state index is 12.0. The highest BCUT2D eigenvalue weighted by molar-refractivity contribution is 7.89. The summed E-state index contributed by atoms with van der Waals surface area (Å²) < 4.78 is 60.6. The van der Waals surface area contributed by atoms with Gasteiger partial charge in [-0.1, -0.05) is 12.1 Å². The van der Waals surface area contributed by atoms with Gasteiger partial charge in [-0.2, -0.15) is 13.2 Å². The predicted molar refractivity (Wildman–Crippen MR) is 60.3 cm³/mol. The molecule has 0 saturated heterocycles. The molecule has 0 aliphatic heterocycles. The van der Waals surface area contributed by atoms with Gasteiger partial charge in [0, 0.05) is 6.04 Å². The number of hydrogen-bond acceptors (Lipinski definition) is 3. The van der Waals surface area contributed by atoms with Gasteiger partial charge in [0.25, 0.3) is 0 Å². The van der Waals surface area contributed by atoms with Crippen LogP contribution >= 0.6 is 0 Å². The summed E-state index contributed by atoms with van der Waals surface area (Å²) in [6.45, 7) is 0.0482. The van der Waals surface area contributed by atoms with Crippen molar-refractivity contribution in [1.29, 1.82) is 0 Å². The van der Waals surface area contributed by atoms with Gasteiger partial charge in [-0.3, -0.25) is 0 Å². The third-order valence-corrected chi connectivity index (χ3v) is 3.56. The van der Waals surface area contributed by atoms with E-state index >= 15 is 0 Å². The van der Waals surface area contributed by atoms with Gasteiger partial charge in [0.1, 0.15) is 6.54 Å². The van der Waals surface area contributed by atoms with E-state index in [0.29, 0.717) is 5.56 Å². The van der Waals surface area contributed by atoms with Crippen LogP contribution in [-0.2, 0) is 10.0 Å². The first-order valence-electron chi connectivity index (χ1n) is 5.04. The molecule has 0 saturated carbocycles. The second kappa shape index (κ2) is 5.25. The minimum absolute atomic E-state index is 0.235. The molecular formula is C10H13F3N2O2S. The van der Waals surface area contributed by atoms with E-state index in [1.165, 1.54) is 22.9 Å². The van der Waals surface area contributed by atoms with Gasteiger partial charge < -0.3 is 5.73 Å². The first-order valence-corrected chi connectivity index (χ1v) is 6.52. The van der Waals surface area contributed by atoms with Gasteiger partial charge in [-0.25, -0.2) is 13.1 Å². The van der Waals surface area contributed by atoms with Crippen LogP contribution in [0.25, 0.3) is 0 Å². The summed E-state index contributed by atoms with van der Waals surface area (Å²) in [5, 5.41) is 0. The van der Waals surface area contributed by atoms with Crippen molar-refractivity contribution in [3.05, 3.63) is 29.8 Å². The molecular weight excluding hydrogens is 269 g/mol. The van der Waals surface area contributed by atoms with Crippen LogP contribution in [-0.4, -0.2) is 21.1 Å². The van der Waals surface area contributed by atoms with E-state index in [9.17, 15) is 21.6 Å². The maximum atomic E-state index is 12.0. The smallest absolute Gasteiger partial charge is 0.324 e. The highest BCUT2D eigenvalue weighted by Crippen LogP contribution is 2.18. The lowest BCUT2D eigenvalue weighted by molar-refractivity contribution is -0.121. The van der Waals surface area contributed by atoms with Crippen LogP contribution in [0.4, 0.5) is 13.2 Å². The van der Waals surface area contributed by atoms with Crippen LogP contribution in [0.2, 0.25) is 0 Å². The topological polar surface area (TPSA) is 72.2 Å². The van der Waals surface area contributed by atoms with Crippen LogP contribution in [0.1, 0.15) is 18.5 Å². The molecule has 1 aromatic carbocycles. The lowest BCUT2D eigenvalue weighted by Crippen LogP contribution is -2.33. The first-order chi connectivity index (χ1) is 8.12. The highest BCUT2D eigenvalue weighted by atomic mass is 32.2. The highest BCUT2D eigenvalue weighted by Gasteiger charge is 2.30. The maximum Gasteiger partial charge on any atom is 0.402 e. The minimum Gasteiger partial charge on any atom is -0.324 e. The summed E-state index contributed by atoms with van der Waals surface area (Å²) in [6, 6.07) is 5.10. The Kier molecular flexibility index (Phi) is 4.36. The molecule has 0 aliphatic rings. The average molecular weight is 282 g/mol. The van der Waals surface area contributed by atoms with Crippen molar-refractivity contribution < 1.29 is 21.6 Å². The van der Waals surface area contributed by atoms with E-state index in [4.69, 9.17) is 5.73 Å². The monoisotopic (exact) mass is 282 g/mol. The Balaban J connectivity index is 2.95. The van der Waals surface area contributed by atoms with E-state index in [1.54, 1.807) is 13.0 Å². The quantitative estimate of drug-likeness (QED) is 0.880. The van der Waals surface area contributed by atoms with Crippen molar-refractivity contribution in [2.75, 3.05) is 6.54 Å². The normalized spacial score (nSPS) is 14.5. The van der Waals surface area contributed by atoms with E-state index < -0.39 is 28.8 Å². The number of benzene rings is 1. The van der Waals surface area contributed by atoms with E-state index in [0.717, 1.165) is 0 Å². The molecule has 0 radical (unpaired) electrons. The average Bonchev–Trinajstić information content (AvgIpc) is 2.26. The van der Waals surface area contributed by atoms with Crippen LogP contribution < -0.4 is 10.5 Å². The third kappa shape index (κ3) is 4.28. The van der Waals surface area contributed by atoms with E-state index in [1.807, 2.05) is 0 Å². The lowest BCUT2D eigenvalue weighted by atomic mass is 10.1. The van der Waals surface area contributed by atoms with Gasteiger partial charge in [0.05, 0.1) is 4.90 Å². The molecule has 0 fully saturated rings. The second-order valence-corrected chi connectivity index (χ2v) is 5.57. The van der Waals surface area contributed by atoms with Gasteiger partial charge in [0.2, 0.25) is 10.0 Å². The largest absolute Gasteiger partial charge is 0.402 e. The zero-order chi connectivity index (χ0) is 14.0. The molecule has 102 valence electrons. The Labute approximate surface area is 103 Å². The van der Waals surface area contributed by atoms with Gasteiger partial charge in [0.15, 0.2) is 0 Å². The Hall–Kier alpha value is -1.12. The molecule has 0 spiro atoms. The molecule has 0 aliphatic carbocycles. The molecule has 0 aromatic heterocycles. The molecule has 0 bridgehead atoms. The Bertz CT molecular complexity index is 512. The van der Waals surface area contributed by atoms with Crippen molar-refractivity contribution in [2.24, 2.45) is 5.73 Å². The number of nitrogens with one attached hydrogen (secondary N) is 1. The molecule has 1 rings (SSSR count). The molecule has 1 unspecified atom stereocenters. The SMILES string of the molecule is CC(N)c1cccc(S(=O)(=O)NCC(F)(F)F)c1. The summed E-state index contributed by atoms with van der Waals surface area (Å²) in [5.74, 6) is 0. The van der Waals surface area contributed by atoms with Crippen molar-refractivity contribution in [2.45, 2.75) is 24.0 Å². The summed E-state index contributed by atoms with van der Waals surface area (Å²) in [4.78, 5) is -0.235. The number of alkyl halides is 3. The fourth-order valence-corrected chi connectivity index (χ4v) is 2.29. The first kappa shape index (κ1) is 14.9. The number of hydrogen-bond donors (Lipinski definition) is 2. The lowest BCUT2D eigenvalue weighted by Gasteiger charge is -2.11. The summed E-state index contributed by atoms with van der Waals surface area (Å²) in [7, 11) is -4.18. The van der Waals surface area contributed by atoms with Crippen LogP contribution in [0.5, 0.6) is 0 Å². The molecule has 18 heavy (non-hydrogen) atoms. The number of nitrogens with two attached hydrogens (primary N) is 1.